The third-order valence-electron chi connectivity index (χ3n) is 3.50. The van der Waals surface area contributed by atoms with Gasteiger partial charge in [0.15, 0.2) is 0 Å². The standard InChI is InChI=1S/C14H20N2O2/c1-18-13-8-11(15)6-7-12(13)14(17)16-9-10-4-2-3-5-10/h6-8,10H,2-5,9,15H2,1H3,(H,16,17). The van der Waals surface area contributed by atoms with E-state index in [1.807, 2.05) is 0 Å². The number of ether oxygens (including phenoxy) is 1. The van der Waals surface area contributed by atoms with Crippen molar-refractivity contribution in [2.24, 2.45) is 5.92 Å². The molecule has 0 saturated heterocycles. The van der Waals surface area contributed by atoms with Crippen LogP contribution in [0.5, 0.6) is 5.75 Å². The molecular formula is C14H20N2O2. The summed E-state index contributed by atoms with van der Waals surface area (Å²) < 4.78 is 5.18. The molecule has 2 rings (SSSR count). The molecule has 0 aromatic heterocycles. The van der Waals surface area contributed by atoms with Gasteiger partial charge in [-0.1, -0.05) is 12.8 Å². The maximum atomic E-state index is 12.1. The SMILES string of the molecule is COc1cc(N)ccc1C(=O)NCC1CCCC1. The van der Waals surface area contributed by atoms with Gasteiger partial charge in [0, 0.05) is 18.3 Å². The number of rotatable bonds is 4. The molecule has 0 bridgehead atoms. The Balaban J connectivity index is 1.99. The van der Waals surface area contributed by atoms with Crippen molar-refractivity contribution in [1.82, 2.24) is 5.32 Å². The highest BCUT2D eigenvalue weighted by Crippen LogP contribution is 2.25. The van der Waals surface area contributed by atoms with E-state index in [0.717, 1.165) is 6.54 Å². The van der Waals surface area contributed by atoms with Gasteiger partial charge < -0.3 is 15.8 Å². The van der Waals surface area contributed by atoms with Crippen LogP contribution in [-0.2, 0) is 0 Å². The van der Waals surface area contributed by atoms with E-state index in [1.165, 1.54) is 25.7 Å². The number of hydrogen-bond acceptors (Lipinski definition) is 3. The van der Waals surface area contributed by atoms with Gasteiger partial charge in [-0.05, 0) is 30.9 Å². The van der Waals surface area contributed by atoms with E-state index in [-0.39, 0.29) is 5.91 Å². The molecule has 1 fully saturated rings. The summed E-state index contributed by atoms with van der Waals surface area (Å²) in [5, 5.41) is 2.98. The summed E-state index contributed by atoms with van der Waals surface area (Å²) in [6, 6.07) is 5.09. The Morgan fingerprint density at radius 1 is 1.44 bits per heavy atom. The minimum absolute atomic E-state index is 0.0845. The normalized spacial score (nSPS) is 15.6. The van der Waals surface area contributed by atoms with Crippen LogP contribution in [0.1, 0.15) is 36.0 Å². The molecule has 4 heteroatoms. The van der Waals surface area contributed by atoms with Crippen LogP contribution >= 0.6 is 0 Å². The first-order valence-electron chi connectivity index (χ1n) is 6.42. The number of hydrogen-bond donors (Lipinski definition) is 2. The molecule has 1 aliphatic carbocycles. The highest BCUT2D eigenvalue weighted by Gasteiger charge is 2.17. The van der Waals surface area contributed by atoms with Crippen molar-refractivity contribution in [1.29, 1.82) is 0 Å². The first-order valence-corrected chi connectivity index (χ1v) is 6.42. The molecule has 1 amide bonds. The summed E-state index contributed by atoms with van der Waals surface area (Å²) in [4.78, 5) is 12.1. The number of nitrogens with one attached hydrogen (secondary N) is 1. The van der Waals surface area contributed by atoms with E-state index in [2.05, 4.69) is 5.32 Å². The number of methoxy groups -OCH3 is 1. The zero-order chi connectivity index (χ0) is 13.0. The lowest BCUT2D eigenvalue weighted by molar-refractivity contribution is 0.0944. The average molecular weight is 248 g/mol. The first kappa shape index (κ1) is 12.7. The summed E-state index contributed by atoms with van der Waals surface area (Å²) in [5.74, 6) is 1.08. The van der Waals surface area contributed by atoms with Gasteiger partial charge in [0.2, 0.25) is 0 Å². The molecule has 0 unspecified atom stereocenters. The molecule has 0 spiro atoms. The number of carbonyl (C=O) groups excluding carboxylic acids is 1. The predicted octanol–water partition coefficient (Wildman–Crippen LogP) is 2.20. The van der Waals surface area contributed by atoms with Crippen LogP contribution in [0.3, 0.4) is 0 Å². The fraction of sp³-hybridized carbons (Fsp3) is 0.500. The van der Waals surface area contributed by atoms with Crippen LogP contribution < -0.4 is 15.8 Å². The minimum Gasteiger partial charge on any atom is -0.496 e. The highest BCUT2D eigenvalue weighted by atomic mass is 16.5. The predicted molar refractivity (Wildman–Crippen MR) is 71.7 cm³/mol. The molecule has 18 heavy (non-hydrogen) atoms. The molecule has 0 atom stereocenters. The molecule has 3 N–H and O–H groups in total. The monoisotopic (exact) mass is 248 g/mol. The Morgan fingerprint density at radius 2 is 2.17 bits per heavy atom. The van der Waals surface area contributed by atoms with Crippen molar-refractivity contribution < 1.29 is 9.53 Å². The van der Waals surface area contributed by atoms with Crippen LogP contribution in [0, 0.1) is 5.92 Å². The molecule has 0 radical (unpaired) electrons. The van der Waals surface area contributed by atoms with Crippen LogP contribution in [0.25, 0.3) is 0 Å². The lowest BCUT2D eigenvalue weighted by Crippen LogP contribution is -2.28. The van der Waals surface area contributed by atoms with Gasteiger partial charge in [0.05, 0.1) is 12.7 Å². The quantitative estimate of drug-likeness (QED) is 0.803. The molecule has 0 aliphatic heterocycles. The molecule has 1 saturated carbocycles. The van der Waals surface area contributed by atoms with Crippen LogP contribution in [0.15, 0.2) is 18.2 Å². The second-order valence-corrected chi connectivity index (χ2v) is 4.82. The zero-order valence-electron chi connectivity index (χ0n) is 10.7. The van der Waals surface area contributed by atoms with Gasteiger partial charge in [-0.25, -0.2) is 0 Å². The number of amides is 1. The zero-order valence-corrected chi connectivity index (χ0v) is 10.7. The lowest BCUT2D eigenvalue weighted by Gasteiger charge is -2.12. The molecule has 98 valence electrons. The number of anilines is 1. The summed E-state index contributed by atoms with van der Waals surface area (Å²) >= 11 is 0. The van der Waals surface area contributed by atoms with Crippen LogP contribution in [0.2, 0.25) is 0 Å². The van der Waals surface area contributed by atoms with Crippen LogP contribution in [-0.4, -0.2) is 19.6 Å². The van der Waals surface area contributed by atoms with Crippen molar-refractivity contribution in [2.75, 3.05) is 19.4 Å². The number of nitrogens with two attached hydrogens (primary N) is 1. The third kappa shape index (κ3) is 2.94. The Hall–Kier alpha value is -1.71. The first-order chi connectivity index (χ1) is 8.70. The number of benzene rings is 1. The van der Waals surface area contributed by atoms with E-state index in [9.17, 15) is 4.79 Å². The van der Waals surface area contributed by atoms with Crippen molar-refractivity contribution in [2.45, 2.75) is 25.7 Å². The Kier molecular flexibility index (Phi) is 4.07. The summed E-state index contributed by atoms with van der Waals surface area (Å²) in [5.41, 5.74) is 6.81. The van der Waals surface area contributed by atoms with Crippen LogP contribution in [0.4, 0.5) is 5.69 Å². The van der Waals surface area contributed by atoms with Crippen molar-refractivity contribution in [3.63, 3.8) is 0 Å². The third-order valence-corrected chi connectivity index (χ3v) is 3.50. The van der Waals surface area contributed by atoms with Crippen molar-refractivity contribution >= 4 is 11.6 Å². The molecule has 4 nitrogen and oxygen atoms in total. The summed E-state index contributed by atoms with van der Waals surface area (Å²) in [6.45, 7) is 0.756. The van der Waals surface area contributed by atoms with Crippen molar-refractivity contribution in [3.05, 3.63) is 23.8 Å². The molecule has 1 aromatic rings. The lowest BCUT2D eigenvalue weighted by atomic mass is 10.1. The fourth-order valence-electron chi connectivity index (χ4n) is 2.44. The maximum Gasteiger partial charge on any atom is 0.255 e. The topological polar surface area (TPSA) is 64.3 Å². The van der Waals surface area contributed by atoms with Crippen molar-refractivity contribution in [3.8, 4) is 5.75 Å². The van der Waals surface area contributed by atoms with Gasteiger partial charge in [-0.15, -0.1) is 0 Å². The Morgan fingerprint density at radius 3 is 2.83 bits per heavy atom. The minimum atomic E-state index is -0.0845. The second kappa shape index (κ2) is 5.76. The van der Waals surface area contributed by atoms with Gasteiger partial charge in [-0.2, -0.15) is 0 Å². The van der Waals surface area contributed by atoms with Gasteiger partial charge in [0.1, 0.15) is 5.75 Å². The van der Waals surface area contributed by atoms with E-state index >= 15 is 0 Å². The second-order valence-electron chi connectivity index (χ2n) is 4.82. The summed E-state index contributed by atoms with van der Waals surface area (Å²) in [7, 11) is 1.54. The van der Waals surface area contributed by atoms with E-state index in [1.54, 1.807) is 25.3 Å². The van der Waals surface area contributed by atoms with E-state index in [0.29, 0.717) is 22.9 Å². The molecule has 1 aromatic carbocycles. The summed E-state index contributed by atoms with van der Waals surface area (Å²) in [6.07, 6.45) is 5.01. The van der Waals surface area contributed by atoms with Gasteiger partial charge in [0.25, 0.3) is 5.91 Å². The molecular weight excluding hydrogens is 228 g/mol. The van der Waals surface area contributed by atoms with Gasteiger partial charge >= 0.3 is 0 Å². The molecule has 1 aliphatic rings. The largest absolute Gasteiger partial charge is 0.496 e. The Bertz CT molecular complexity index is 426. The Labute approximate surface area is 108 Å². The van der Waals surface area contributed by atoms with E-state index < -0.39 is 0 Å². The molecule has 0 heterocycles. The number of carbonyl (C=O) groups is 1. The van der Waals surface area contributed by atoms with Gasteiger partial charge in [-0.3, -0.25) is 4.79 Å². The number of nitrogen functional groups attached to an aromatic ring is 1. The maximum absolute atomic E-state index is 12.1. The fourth-order valence-corrected chi connectivity index (χ4v) is 2.44. The average Bonchev–Trinajstić information content (AvgIpc) is 2.88. The van der Waals surface area contributed by atoms with E-state index in [4.69, 9.17) is 10.5 Å². The smallest absolute Gasteiger partial charge is 0.255 e. The highest BCUT2D eigenvalue weighted by molar-refractivity contribution is 5.97.